The van der Waals surface area contributed by atoms with Crippen molar-refractivity contribution < 1.29 is 13.2 Å². The molecule has 1 aliphatic heterocycles. The average Bonchev–Trinajstić information content (AvgIpc) is 2.39. The van der Waals surface area contributed by atoms with E-state index < -0.39 is 11.7 Å². The molecule has 0 aliphatic carbocycles. The average molecular weight is 352 g/mol. The highest BCUT2D eigenvalue weighted by Gasteiger charge is 2.38. The van der Waals surface area contributed by atoms with Gasteiger partial charge in [-0.2, -0.15) is 13.2 Å². The monoisotopic (exact) mass is 351 g/mol. The van der Waals surface area contributed by atoms with Gasteiger partial charge in [-0.3, -0.25) is 0 Å². The predicted molar refractivity (Wildman–Crippen MR) is 75.9 cm³/mol. The largest absolute Gasteiger partial charge is 0.419 e. The van der Waals surface area contributed by atoms with Gasteiger partial charge in [0, 0.05) is 29.3 Å². The van der Waals surface area contributed by atoms with Crippen molar-refractivity contribution in [3.05, 3.63) is 22.3 Å². The number of rotatable bonds is 2. The Labute approximate surface area is 124 Å². The zero-order valence-corrected chi connectivity index (χ0v) is 13.0. The molecule has 1 aliphatic rings. The van der Waals surface area contributed by atoms with Gasteiger partial charge >= 0.3 is 6.18 Å². The van der Waals surface area contributed by atoms with E-state index in [1.54, 1.807) is 4.90 Å². The number of nitrogens with zero attached hydrogens (tertiary/aromatic N) is 2. The Bertz CT molecular complexity index is 482. The lowest BCUT2D eigenvalue weighted by Gasteiger charge is -2.40. The fourth-order valence-corrected chi connectivity index (χ4v) is 2.69. The Kier molecular flexibility index (Phi) is 4.30. The van der Waals surface area contributed by atoms with Gasteiger partial charge in [0.15, 0.2) is 0 Å². The molecule has 2 rings (SSSR count). The van der Waals surface area contributed by atoms with Gasteiger partial charge in [0.1, 0.15) is 5.82 Å². The van der Waals surface area contributed by atoms with Crippen molar-refractivity contribution in [2.24, 2.45) is 0 Å². The molecule has 0 bridgehead atoms. The van der Waals surface area contributed by atoms with Gasteiger partial charge in [0.2, 0.25) is 0 Å². The summed E-state index contributed by atoms with van der Waals surface area (Å²) in [7, 11) is 1.88. The topological polar surface area (TPSA) is 28.2 Å². The molecule has 1 aromatic heterocycles. The standard InChI is InChI=1S/C13H17BrF3N3/c1-12(18-2)3-5-20(6-4-12)11-10(13(15,16)17)7-9(14)8-19-11/h7-8,18H,3-6H2,1-2H3. The van der Waals surface area contributed by atoms with E-state index in [1.807, 2.05) is 7.05 Å². The summed E-state index contributed by atoms with van der Waals surface area (Å²) >= 11 is 3.05. The summed E-state index contributed by atoms with van der Waals surface area (Å²) in [5.41, 5.74) is -0.690. The lowest BCUT2D eigenvalue weighted by molar-refractivity contribution is -0.137. The predicted octanol–water partition coefficient (Wildman–Crippen LogP) is 3.44. The van der Waals surface area contributed by atoms with E-state index in [1.165, 1.54) is 6.20 Å². The molecule has 0 saturated carbocycles. The van der Waals surface area contributed by atoms with Crippen LogP contribution in [-0.2, 0) is 6.18 Å². The summed E-state index contributed by atoms with van der Waals surface area (Å²) in [4.78, 5) is 5.70. The van der Waals surface area contributed by atoms with E-state index in [0.717, 1.165) is 18.9 Å². The highest BCUT2D eigenvalue weighted by molar-refractivity contribution is 9.10. The van der Waals surface area contributed by atoms with Crippen molar-refractivity contribution in [2.75, 3.05) is 25.0 Å². The molecule has 3 nitrogen and oxygen atoms in total. The molecule has 0 aromatic carbocycles. The zero-order chi connectivity index (χ0) is 15.0. The molecule has 2 heterocycles. The maximum atomic E-state index is 13.1. The van der Waals surface area contributed by atoms with Crippen molar-refractivity contribution in [3.63, 3.8) is 0 Å². The first kappa shape index (κ1) is 15.6. The first-order valence-electron chi connectivity index (χ1n) is 6.42. The second kappa shape index (κ2) is 5.52. The number of hydrogen-bond donors (Lipinski definition) is 1. The quantitative estimate of drug-likeness (QED) is 0.884. The molecule has 0 unspecified atom stereocenters. The molecular formula is C13H17BrF3N3. The SMILES string of the molecule is CNC1(C)CCN(c2ncc(Br)cc2C(F)(F)F)CC1. The van der Waals surface area contributed by atoms with Gasteiger partial charge in [0.05, 0.1) is 5.56 Å². The lowest BCUT2D eigenvalue weighted by Crippen LogP contribution is -2.50. The van der Waals surface area contributed by atoms with Crippen LogP contribution >= 0.6 is 15.9 Å². The van der Waals surface area contributed by atoms with E-state index in [0.29, 0.717) is 17.6 Å². The maximum Gasteiger partial charge on any atom is 0.419 e. The van der Waals surface area contributed by atoms with Gasteiger partial charge in [0.25, 0.3) is 0 Å². The number of alkyl halides is 3. The summed E-state index contributed by atoms with van der Waals surface area (Å²) < 4.78 is 39.6. The third kappa shape index (κ3) is 3.25. The number of hydrogen-bond acceptors (Lipinski definition) is 3. The van der Waals surface area contributed by atoms with Crippen molar-refractivity contribution in [1.82, 2.24) is 10.3 Å². The van der Waals surface area contributed by atoms with Crippen LogP contribution < -0.4 is 10.2 Å². The van der Waals surface area contributed by atoms with Gasteiger partial charge in [-0.15, -0.1) is 0 Å². The van der Waals surface area contributed by atoms with Gasteiger partial charge in [-0.05, 0) is 48.8 Å². The van der Waals surface area contributed by atoms with Crippen LogP contribution in [0.3, 0.4) is 0 Å². The minimum absolute atomic E-state index is 0.00966. The van der Waals surface area contributed by atoms with E-state index in [2.05, 4.69) is 33.2 Å². The Morgan fingerprint density at radius 1 is 1.35 bits per heavy atom. The Morgan fingerprint density at radius 2 is 1.95 bits per heavy atom. The summed E-state index contributed by atoms with van der Waals surface area (Å²) in [5, 5.41) is 3.23. The second-order valence-corrected chi connectivity index (χ2v) is 6.24. The van der Waals surface area contributed by atoms with Gasteiger partial charge in [-0.1, -0.05) is 0 Å². The van der Waals surface area contributed by atoms with Crippen LogP contribution in [0.15, 0.2) is 16.7 Å². The van der Waals surface area contributed by atoms with E-state index in [-0.39, 0.29) is 11.4 Å². The van der Waals surface area contributed by atoms with Crippen molar-refractivity contribution in [3.8, 4) is 0 Å². The summed E-state index contributed by atoms with van der Waals surface area (Å²) in [6.07, 6.45) is -1.40. The number of aromatic nitrogens is 1. The molecule has 112 valence electrons. The fraction of sp³-hybridized carbons (Fsp3) is 0.615. The zero-order valence-electron chi connectivity index (χ0n) is 11.4. The minimum Gasteiger partial charge on any atom is -0.356 e. The molecule has 0 radical (unpaired) electrons. The molecule has 1 N–H and O–H groups in total. The number of piperidine rings is 1. The third-order valence-electron chi connectivity index (χ3n) is 3.91. The molecule has 1 aromatic rings. The van der Waals surface area contributed by atoms with E-state index >= 15 is 0 Å². The minimum atomic E-state index is -4.39. The van der Waals surface area contributed by atoms with Crippen LogP contribution in [0.4, 0.5) is 19.0 Å². The van der Waals surface area contributed by atoms with Crippen LogP contribution in [0.25, 0.3) is 0 Å². The van der Waals surface area contributed by atoms with Crippen LogP contribution in [0.2, 0.25) is 0 Å². The first-order chi connectivity index (χ1) is 9.25. The molecule has 1 saturated heterocycles. The molecule has 0 spiro atoms. The van der Waals surface area contributed by atoms with Gasteiger partial charge in [-0.25, -0.2) is 4.98 Å². The highest BCUT2D eigenvalue weighted by Crippen LogP contribution is 2.38. The molecule has 1 fully saturated rings. The van der Waals surface area contributed by atoms with Crippen LogP contribution in [0.1, 0.15) is 25.3 Å². The number of anilines is 1. The van der Waals surface area contributed by atoms with E-state index in [4.69, 9.17) is 0 Å². The summed E-state index contributed by atoms with van der Waals surface area (Å²) in [6.45, 7) is 3.22. The first-order valence-corrected chi connectivity index (χ1v) is 7.21. The Balaban J connectivity index is 2.26. The normalized spacial score (nSPS) is 19.2. The van der Waals surface area contributed by atoms with Crippen molar-refractivity contribution >= 4 is 21.7 Å². The number of nitrogens with one attached hydrogen (secondary N) is 1. The maximum absolute atomic E-state index is 13.1. The van der Waals surface area contributed by atoms with Gasteiger partial charge < -0.3 is 10.2 Å². The molecule has 20 heavy (non-hydrogen) atoms. The smallest absolute Gasteiger partial charge is 0.356 e. The Morgan fingerprint density at radius 3 is 2.45 bits per heavy atom. The number of halogens is 4. The third-order valence-corrected chi connectivity index (χ3v) is 4.34. The number of pyridine rings is 1. The second-order valence-electron chi connectivity index (χ2n) is 5.32. The van der Waals surface area contributed by atoms with Crippen LogP contribution in [0.5, 0.6) is 0 Å². The lowest BCUT2D eigenvalue weighted by atomic mass is 9.90. The molecule has 7 heteroatoms. The summed E-state index contributed by atoms with van der Waals surface area (Å²) in [5.74, 6) is 0.0267. The fourth-order valence-electron chi connectivity index (χ4n) is 2.35. The Hall–Kier alpha value is -0.820. The van der Waals surface area contributed by atoms with E-state index in [9.17, 15) is 13.2 Å². The molecule has 0 atom stereocenters. The summed E-state index contributed by atoms with van der Waals surface area (Å²) in [6, 6.07) is 1.09. The highest BCUT2D eigenvalue weighted by atomic mass is 79.9. The van der Waals surface area contributed by atoms with Crippen molar-refractivity contribution in [1.29, 1.82) is 0 Å². The van der Waals surface area contributed by atoms with Crippen LogP contribution in [-0.4, -0.2) is 30.7 Å². The van der Waals surface area contributed by atoms with Crippen LogP contribution in [0, 0.1) is 0 Å². The molecular weight excluding hydrogens is 335 g/mol. The van der Waals surface area contributed by atoms with Crippen molar-refractivity contribution in [2.45, 2.75) is 31.5 Å². The molecule has 0 amide bonds.